The summed E-state index contributed by atoms with van der Waals surface area (Å²) in [5, 5.41) is 13.2. The fourth-order valence-electron chi connectivity index (χ4n) is 2.62. The molecule has 1 aromatic carbocycles. The standard InChI is InChI=1S/C19H18ClF3N6/c1-3-8-28(2)26-15-4-6-17(7-5-15)29-12-24-18(27-29)25-16-10-13(19(21,22)23)9-14(20)11-16/h3-4,6-7,9-12H,1,5,8H2,2H3,(H,25,27)/b26-15-. The Bertz CT molecular complexity index is 990. The minimum absolute atomic E-state index is 0.0343. The number of allylic oxidation sites excluding steroid dienone is 4. The van der Waals surface area contributed by atoms with Crippen molar-refractivity contribution in [2.24, 2.45) is 5.10 Å². The number of alkyl halides is 3. The van der Waals surface area contributed by atoms with E-state index < -0.39 is 11.7 Å². The van der Waals surface area contributed by atoms with Crippen LogP contribution in [0.2, 0.25) is 5.02 Å². The van der Waals surface area contributed by atoms with E-state index in [-0.39, 0.29) is 16.7 Å². The fraction of sp³-hybridized carbons (Fsp3) is 0.211. The molecule has 0 unspecified atom stereocenters. The molecule has 1 aliphatic carbocycles. The Hall–Kier alpha value is -3.07. The molecule has 0 spiro atoms. The summed E-state index contributed by atoms with van der Waals surface area (Å²) in [4.78, 5) is 4.09. The molecule has 1 heterocycles. The maximum atomic E-state index is 12.9. The van der Waals surface area contributed by atoms with E-state index in [2.05, 4.69) is 27.1 Å². The van der Waals surface area contributed by atoms with Gasteiger partial charge in [0.1, 0.15) is 6.33 Å². The molecule has 1 N–H and O–H groups in total. The van der Waals surface area contributed by atoms with Crippen LogP contribution in [-0.4, -0.2) is 39.1 Å². The van der Waals surface area contributed by atoms with Gasteiger partial charge in [-0.1, -0.05) is 23.8 Å². The molecule has 0 saturated carbocycles. The van der Waals surface area contributed by atoms with E-state index in [1.807, 2.05) is 25.3 Å². The third-order valence-corrected chi connectivity index (χ3v) is 4.12. The summed E-state index contributed by atoms with van der Waals surface area (Å²) in [7, 11) is 1.86. The number of nitrogens with one attached hydrogen (secondary N) is 1. The molecule has 10 heteroatoms. The van der Waals surface area contributed by atoms with Crippen LogP contribution in [0.3, 0.4) is 0 Å². The normalized spacial score (nSPS) is 15.3. The second-order valence-corrected chi connectivity index (χ2v) is 6.69. The van der Waals surface area contributed by atoms with Crippen LogP contribution in [0.1, 0.15) is 12.0 Å². The van der Waals surface area contributed by atoms with Crippen LogP contribution in [-0.2, 0) is 6.18 Å². The fourth-order valence-corrected chi connectivity index (χ4v) is 2.85. The molecular weight excluding hydrogens is 405 g/mol. The number of nitrogens with zero attached hydrogens (tertiary/aromatic N) is 5. The predicted molar refractivity (Wildman–Crippen MR) is 108 cm³/mol. The van der Waals surface area contributed by atoms with Crippen LogP contribution in [0.4, 0.5) is 24.8 Å². The lowest BCUT2D eigenvalue weighted by molar-refractivity contribution is -0.137. The highest BCUT2D eigenvalue weighted by Gasteiger charge is 2.31. The molecule has 1 aliphatic rings. The number of anilines is 2. The summed E-state index contributed by atoms with van der Waals surface area (Å²) in [5.74, 6) is 0.153. The molecule has 6 nitrogen and oxygen atoms in total. The zero-order chi connectivity index (χ0) is 21.0. The van der Waals surface area contributed by atoms with E-state index in [0.717, 1.165) is 23.5 Å². The third-order valence-electron chi connectivity index (χ3n) is 3.90. The van der Waals surface area contributed by atoms with E-state index in [9.17, 15) is 13.2 Å². The van der Waals surface area contributed by atoms with Crippen molar-refractivity contribution in [3.05, 3.63) is 66.0 Å². The first kappa shape index (κ1) is 20.7. The van der Waals surface area contributed by atoms with Crippen molar-refractivity contribution in [2.75, 3.05) is 18.9 Å². The first-order valence-corrected chi connectivity index (χ1v) is 8.97. The molecule has 3 rings (SSSR count). The van der Waals surface area contributed by atoms with Crippen molar-refractivity contribution < 1.29 is 13.2 Å². The molecule has 0 bridgehead atoms. The topological polar surface area (TPSA) is 58.3 Å². The molecule has 0 saturated heterocycles. The van der Waals surface area contributed by atoms with Gasteiger partial charge >= 0.3 is 6.18 Å². The second kappa shape index (κ2) is 8.52. The quantitative estimate of drug-likeness (QED) is 0.527. The van der Waals surface area contributed by atoms with Gasteiger partial charge in [0.05, 0.1) is 23.5 Å². The van der Waals surface area contributed by atoms with Crippen molar-refractivity contribution in [3.63, 3.8) is 0 Å². The van der Waals surface area contributed by atoms with Crippen LogP contribution in [0.5, 0.6) is 0 Å². The van der Waals surface area contributed by atoms with Crippen LogP contribution >= 0.6 is 11.6 Å². The zero-order valence-electron chi connectivity index (χ0n) is 15.5. The number of aromatic nitrogens is 3. The summed E-state index contributed by atoms with van der Waals surface area (Å²) in [6, 6.07) is 3.19. The Labute approximate surface area is 170 Å². The molecule has 0 atom stereocenters. The Balaban J connectivity index is 1.71. The summed E-state index contributed by atoms with van der Waals surface area (Å²) >= 11 is 5.79. The van der Waals surface area contributed by atoms with Gasteiger partial charge in [-0.2, -0.15) is 23.3 Å². The van der Waals surface area contributed by atoms with E-state index in [1.54, 1.807) is 11.1 Å². The van der Waals surface area contributed by atoms with Gasteiger partial charge in [0.15, 0.2) is 0 Å². The average molecular weight is 423 g/mol. The maximum absolute atomic E-state index is 12.9. The first-order chi connectivity index (χ1) is 13.7. The van der Waals surface area contributed by atoms with Gasteiger partial charge in [-0.05, 0) is 30.4 Å². The van der Waals surface area contributed by atoms with E-state index in [0.29, 0.717) is 13.0 Å². The minimum Gasteiger partial charge on any atom is -0.323 e. The van der Waals surface area contributed by atoms with Crippen molar-refractivity contribution >= 4 is 34.6 Å². The van der Waals surface area contributed by atoms with Crippen molar-refractivity contribution in [2.45, 2.75) is 12.6 Å². The van der Waals surface area contributed by atoms with Gasteiger partial charge in [-0.15, -0.1) is 11.7 Å². The summed E-state index contributed by atoms with van der Waals surface area (Å²) in [6.07, 6.45) is 4.99. The molecule has 29 heavy (non-hydrogen) atoms. The number of hydrazone groups is 1. The highest BCUT2D eigenvalue weighted by Crippen LogP contribution is 2.33. The molecule has 0 aliphatic heterocycles. The summed E-state index contributed by atoms with van der Waals surface area (Å²) < 4.78 is 40.3. The van der Waals surface area contributed by atoms with E-state index >= 15 is 0 Å². The van der Waals surface area contributed by atoms with Crippen molar-refractivity contribution in [1.82, 2.24) is 19.8 Å². The predicted octanol–water partition coefficient (Wildman–Crippen LogP) is 4.97. The second-order valence-electron chi connectivity index (χ2n) is 6.25. The lowest BCUT2D eigenvalue weighted by Crippen LogP contribution is -2.14. The van der Waals surface area contributed by atoms with Gasteiger partial charge in [0, 0.05) is 24.2 Å². The van der Waals surface area contributed by atoms with Gasteiger partial charge < -0.3 is 5.32 Å². The Morgan fingerprint density at radius 3 is 2.79 bits per heavy atom. The van der Waals surface area contributed by atoms with Crippen LogP contribution in [0.25, 0.3) is 5.70 Å². The molecule has 0 fully saturated rings. The van der Waals surface area contributed by atoms with Crippen LogP contribution in [0.15, 0.2) is 60.5 Å². The van der Waals surface area contributed by atoms with Gasteiger partial charge in [0.25, 0.3) is 0 Å². The number of rotatable bonds is 6. The minimum atomic E-state index is -4.50. The lowest BCUT2D eigenvalue weighted by atomic mass is 10.1. The van der Waals surface area contributed by atoms with Crippen LogP contribution in [0, 0.1) is 0 Å². The Morgan fingerprint density at radius 2 is 2.14 bits per heavy atom. The number of hydrogen-bond acceptors (Lipinski definition) is 5. The SMILES string of the molecule is C=CCN(C)/N=C1/C=CC(n2cnc(Nc3cc(Cl)cc(C(F)(F)F)c3)n2)=CC1. The monoisotopic (exact) mass is 422 g/mol. The highest BCUT2D eigenvalue weighted by atomic mass is 35.5. The number of halogens is 4. The van der Waals surface area contributed by atoms with Crippen molar-refractivity contribution in [1.29, 1.82) is 0 Å². The molecule has 1 aromatic heterocycles. The number of benzene rings is 1. The van der Waals surface area contributed by atoms with Gasteiger partial charge in [0.2, 0.25) is 5.95 Å². The number of likely N-dealkylation sites (N-methyl/N-ethyl adjacent to an activating group) is 1. The van der Waals surface area contributed by atoms with Gasteiger partial charge in [-0.25, -0.2) is 4.68 Å². The van der Waals surface area contributed by atoms with E-state index in [1.165, 1.54) is 17.1 Å². The molecular formula is C19H18ClF3N6. The highest BCUT2D eigenvalue weighted by molar-refractivity contribution is 6.31. The number of hydrogen-bond donors (Lipinski definition) is 1. The molecule has 2 aromatic rings. The Morgan fingerprint density at radius 1 is 1.34 bits per heavy atom. The summed E-state index contributed by atoms with van der Waals surface area (Å²) in [6.45, 7) is 4.32. The summed E-state index contributed by atoms with van der Waals surface area (Å²) in [5.41, 5.74) is 0.960. The van der Waals surface area contributed by atoms with E-state index in [4.69, 9.17) is 11.6 Å². The molecule has 0 radical (unpaired) electrons. The Kier molecular flexibility index (Phi) is 6.07. The van der Waals surface area contributed by atoms with Gasteiger partial charge in [-0.3, -0.25) is 5.01 Å². The smallest absolute Gasteiger partial charge is 0.323 e. The maximum Gasteiger partial charge on any atom is 0.416 e. The third kappa shape index (κ3) is 5.47. The van der Waals surface area contributed by atoms with Crippen molar-refractivity contribution in [3.8, 4) is 0 Å². The largest absolute Gasteiger partial charge is 0.416 e. The molecule has 152 valence electrons. The lowest BCUT2D eigenvalue weighted by Gasteiger charge is -2.13. The molecule has 0 amide bonds. The zero-order valence-corrected chi connectivity index (χ0v) is 16.2. The van der Waals surface area contributed by atoms with Crippen LogP contribution < -0.4 is 5.32 Å². The first-order valence-electron chi connectivity index (χ1n) is 8.59. The average Bonchev–Trinajstić information content (AvgIpc) is 3.10.